The molecule has 1 aliphatic rings. The second-order valence-electron chi connectivity index (χ2n) is 7.77. The van der Waals surface area contributed by atoms with Gasteiger partial charge >= 0.3 is 0 Å². The van der Waals surface area contributed by atoms with Crippen LogP contribution in [0.3, 0.4) is 0 Å². The Morgan fingerprint density at radius 2 is 2.03 bits per heavy atom. The van der Waals surface area contributed by atoms with Gasteiger partial charge in [-0.25, -0.2) is 4.98 Å². The fraction of sp³-hybridized carbons (Fsp3) is 0.565. The van der Waals surface area contributed by atoms with E-state index in [1.54, 1.807) is 0 Å². The van der Waals surface area contributed by atoms with Crippen molar-refractivity contribution in [3.63, 3.8) is 0 Å². The molecule has 0 radical (unpaired) electrons. The molecule has 2 aromatic rings. The number of hydrogen-bond acceptors (Lipinski definition) is 3. The van der Waals surface area contributed by atoms with Crippen LogP contribution in [0.1, 0.15) is 44.0 Å². The summed E-state index contributed by atoms with van der Waals surface area (Å²) in [5.41, 5.74) is 1.39. The lowest BCUT2D eigenvalue weighted by molar-refractivity contribution is 0.250. The summed E-state index contributed by atoms with van der Waals surface area (Å²) in [7, 11) is 0. The Kier molecular flexibility index (Phi) is 11.2. The Morgan fingerprint density at radius 1 is 1.20 bits per heavy atom. The molecule has 1 fully saturated rings. The molecule has 166 valence electrons. The van der Waals surface area contributed by atoms with Gasteiger partial charge in [0.2, 0.25) is 0 Å². The topological polar surface area (TPSA) is 57.5 Å². The molecule has 3 rings (SSSR count). The number of nitrogens with zero attached hydrogens (tertiary/aromatic N) is 4. The van der Waals surface area contributed by atoms with Gasteiger partial charge < -0.3 is 15.2 Å². The molecule has 2 heterocycles. The van der Waals surface area contributed by atoms with Crippen LogP contribution in [0, 0.1) is 6.92 Å². The molecule has 0 spiro atoms. The molecule has 0 aliphatic carbocycles. The first-order valence-corrected chi connectivity index (χ1v) is 11.0. The first-order chi connectivity index (χ1) is 14.3. The van der Waals surface area contributed by atoms with Crippen LogP contribution >= 0.6 is 24.0 Å². The van der Waals surface area contributed by atoms with Gasteiger partial charge in [-0.15, -0.1) is 24.0 Å². The average molecular weight is 524 g/mol. The van der Waals surface area contributed by atoms with Crippen LogP contribution in [0.2, 0.25) is 0 Å². The molecule has 1 atom stereocenters. The van der Waals surface area contributed by atoms with Gasteiger partial charge in [0.1, 0.15) is 5.82 Å². The molecular weight excluding hydrogens is 487 g/mol. The number of unbranched alkanes of at least 4 members (excludes halogenated alkanes) is 1. The zero-order valence-corrected chi connectivity index (χ0v) is 20.7. The SMILES string of the molecule is CCNC(=NCC1CCCN1Cc1ccccc1)NCCCCn1ccnc1C.I. The fourth-order valence-corrected chi connectivity index (χ4v) is 3.92. The van der Waals surface area contributed by atoms with Gasteiger partial charge in [0.25, 0.3) is 0 Å². The van der Waals surface area contributed by atoms with Gasteiger partial charge in [-0.2, -0.15) is 0 Å². The van der Waals surface area contributed by atoms with Crippen LogP contribution in [0.5, 0.6) is 0 Å². The predicted molar refractivity (Wildman–Crippen MR) is 135 cm³/mol. The molecule has 1 aromatic heterocycles. The fourth-order valence-electron chi connectivity index (χ4n) is 3.92. The van der Waals surface area contributed by atoms with Crippen molar-refractivity contribution in [1.82, 2.24) is 25.1 Å². The highest BCUT2D eigenvalue weighted by Crippen LogP contribution is 2.20. The zero-order valence-electron chi connectivity index (χ0n) is 18.4. The van der Waals surface area contributed by atoms with Gasteiger partial charge in [-0.05, 0) is 51.6 Å². The minimum absolute atomic E-state index is 0. The molecule has 0 bridgehead atoms. The van der Waals surface area contributed by atoms with E-state index in [0.29, 0.717) is 6.04 Å². The Morgan fingerprint density at radius 3 is 2.77 bits per heavy atom. The number of guanidine groups is 1. The molecule has 2 N–H and O–H groups in total. The van der Waals surface area contributed by atoms with E-state index in [1.165, 1.54) is 24.9 Å². The maximum absolute atomic E-state index is 4.89. The van der Waals surface area contributed by atoms with Crippen molar-refractivity contribution < 1.29 is 0 Å². The lowest BCUT2D eigenvalue weighted by Gasteiger charge is -2.23. The molecule has 0 saturated carbocycles. The molecule has 30 heavy (non-hydrogen) atoms. The molecule has 0 amide bonds. The van der Waals surface area contributed by atoms with E-state index in [2.05, 4.69) is 75.5 Å². The summed E-state index contributed by atoms with van der Waals surface area (Å²) >= 11 is 0. The number of nitrogens with one attached hydrogen (secondary N) is 2. The van der Waals surface area contributed by atoms with E-state index in [9.17, 15) is 0 Å². The van der Waals surface area contributed by atoms with Gasteiger partial charge in [0, 0.05) is 44.6 Å². The number of hydrogen-bond donors (Lipinski definition) is 2. The third kappa shape index (κ3) is 7.91. The van der Waals surface area contributed by atoms with Crippen molar-refractivity contribution in [1.29, 1.82) is 0 Å². The zero-order chi connectivity index (χ0) is 20.3. The molecule has 1 aliphatic heterocycles. The van der Waals surface area contributed by atoms with Crippen LogP contribution in [0.25, 0.3) is 0 Å². The summed E-state index contributed by atoms with van der Waals surface area (Å²) in [6.45, 7) is 10.1. The minimum Gasteiger partial charge on any atom is -0.357 e. The molecule has 6 nitrogen and oxygen atoms in total. The highest BCUT2D eigenvalue weighted by atomic mass is 127. The van der Waals surface area contributed by atoms with Crippen LogP contribution in [-0.2, 0) is 13.1 Å². The minimum atomic E-state index is 0. The van der Waals surface area contributed by atoms with E-state index >= 15 is 0 Å². The van der Waals surface area contributed by atoms with Crippen molar-refractivity contribution in [3.8, 4) is 0 Å². The highest BCUT2D eigenvalue weighted by molar-refractivity contribution is 14.0. The average Bonchev–Trinajstić information content (AvgIpc) is 3.35. The van der Waals surface area contributed by atoms with E-state index in [4.69, 9.17) is 4.99 Å². The van der Waals surface area contributed by atoms with Crippen LogP contribution in [-0.4, -0.2) is 52.6 Å². The summed E-state index contributed by atoms with van der Waals surface area (Å²) in [4.78, 5) is 11.7. The van der Waals surface area contributed by atoms with Crippen molar-refractivity contribution in [3.05, 3.63) is 54.1 Å². The number of likely N-dealkylation sites (tertiary alicyclic amines) is 1. The van der Waals surface area contributed by atoms with E-state index < -0.39 is 0 Å². The number of aliphatic imine (C=N–C) groups is 1. The van der Waals surface area contributed by atoms with Gasteiger partial charge in [-0.3, -0.25) is 9.89 Å². The monoisotopic (exact) mass is 524 g/mol. The predicted octanol–water partition coefficient (Wildman–Crippen LogP) is 3.81. The Bertz CT molecular complexity index is 745. The molecule has 1 aromatic carbocycles. The molecule has 7 heteroatoms. The van der Waals surface area contributed by atoms with Crippen molar-refractivity contribution in [2.45, 2.75) is 58.7 Å². The van der Waals surface area contributed by atoms with Gasteiger partial charge in [0.05, 0.1) is 6.54 Å². The quantitative estimate of drug-likeness (QED) is 0.215. The second-order valence-corrected chi connectivity index (χ2v) is 7.77. The highest BCUT2D eigenvalue weighted by Gasteiger charge is 2.24. The first-order valence-electron chi connectivity index (χ1n) is 11.0. The maximum atomic E-state index is 4.89. The van der Waals surface area contributed by atoms with E-state index in [0.717, 1.165) is 57.3 Å². The van der Waals surface area contributed by atoms with E-state index in [1.807, 2.05) is 6.20 Å². The van der Waals surface area contributed by atoms with Crippen LogP contribution in [0.15, 0.2) is 47.7 Å². The Balaban J connectivity index is 0.00000320. The normalized spacial score (nSPS) is 17.0. The standard InChI is InChI=1S/C23H36N6.HI/c1-3-24-23(26-13-7-8-15-28-17-14-25-20(28)2)27-18-22-12-9-16-29(22)19-21-10-5-4-6-11-21;/h4-6,10-11,14,17,22H,3,7-9,12-13,15-16,18-19H2,1-2H3,(H2,24,26,27);1H. The number of imidazole rings is 1. The Labute approximate surface area is 198 Å². The van der Waals surface area contributed by atoms with Crippen molar-refractivity contribution in [2.75, 3.05) is 26.2 Å². The number of aryl methyl sites for hydroxylation is 2. The largest absolute Gasteiger partial charge is 0.357 e. The summed E-state index contributed by atoms with van der Waals surface area (Å²) in [5.74, 6) is 2.03. The Hall–Kier alpha value is -1.61. The molecule has 1 unspecified atom stereocenters. The second kappa shape index (κ2) is 13.6. The van der Waals surface area contributed by atoms with Gasteiger partial charge in [-0.1, -0.05) is 30.3 Å². The molecule has 1 saturated heterocycles. The third-order valence-electron chi connectivity index (χ3n) is 5.57. The lowest BCUT2D eigenvalue weighted by Crippen LogP contribution is -2.39. The lowest BCUT2D eigenvalue weighted by atomic mass is 10.2. The summed E-state index contributed by atoms with van der Waals surface area (Å²) in [6, 6.07) is 11.3. The van der Waals surface area contributed by atoms with Crippen molar-refractivity contribution in [2.24, 2.45) is 4.99 Å². The number of benzene rings is 1. The summed E-state index contributed by atoms with van der Waals surface area (Å²) in [5, 5.41) is 6.89. The smallest absolute Gasteiger partial charge is 0.191 e. The third-order valence-corrected chi connectivity index (χ3v) is 5.57. The van der Waals surface area contributed by atoms with E-state index in [-0.39, 0.29) is 24.0 Å². The maximum Gasteiger partial charge on any atom is 0.191 e. The number of aromatic nitrogens is 2. The van der Waals surface area contributed by atoms with Crippen molar-refractivity contribution >= 4 is 29.9 Å². The van der Waals surface area contributed by atoms with Crippen LogP contribution < -0.4 is 10.6 Å². The molecular formula is C23H37IN6. The first kappa shape index (κ1) is 24.7. The summed E-state index contributed by atoms with van der Waals surface area (Å²) in [6.07, 6.45) is 8.68. The van der Waals surface area contributed by atoms with Crippen LogP contribution in [0.4, 0.5) is 0 Å². The summed E-state index contributed by atoms with van der Waals surface area (Å²) < 4.78 is 2.21. The van der Waals surface area contributed by atoms with Gasteiger partial charge in [0.15, 0.2) is 5.96 Å². The number of halogens is 1. The number of rotatable bonds is 10.